The molecule has 4 N–H and O–H groups in total. The van der Waals surface area contributed by atoms with E-state index >= 15 is 0 Å². The van der Waals surface area contributed by atoms with Crippen molar-refractivity contribution < 1.29 is 4.79 Å². The molecule has 20 heavy (non-hydrogen) atoms. The van der Waals surface area contributed by atoms with Gasteiger partial charge in [0.15, 0.2) is 0 Å². The van der Waals surface area contributed by atoms with E-state index in [9.17, 15) is 4.79 Å². The highest BCUT2D eigenvalue weighted by atomic mass is 35.5. The van der Waals surface area contributed by atoms with Crippen LogP contribution in [0.3, 0.4) is 0 Å². The number of amides is 1. The third kappa shape index (κ3) is 3.37. The Labute approximate surface area is 128 Å². The van der Waals surface area contributed by atoms with Crippen LogP contribution in [0, 0.1) is 0 Å². The number of hydrazine groups is 1. The maximum atomic E-state index is 12.2. The zero-order chi connectivity index (χ0) is 14.6. The second kappa shape index (κ2) is 6.65. The Bertz CT molecular complexity index is 491. The van der Waals surface area contributed by atoms with Crippen LogP contribution in [0.25, 0.3) is 0 Å². The third-order valence-electron chi connectivity index (χ3n) is 3.73. The van der Waals surface area contributed by atoms with Gasteiger partial charge in [0.2, 0.25) is 0 Å². The summed E-state index contributed by atoms with van der Waals surface area (Å²) >= 11 is 7.84. The van der Waals surface area contributed by atoms with Gasteiger partial charge >= 0.3 is 0 Å². The molecule has 0 spiro atoms. The molecule has 1 heterocycles. The highest BCUT2D eigenvalue weighted by Gasteiger charge is 2.33. The zero-order valence-electron chi connectivity index (χ0n) is 11.4. The topological polar surface area (TPSA) is 80.0 Å². The molecular formula is C13H19ClN4OS. The third-order valence-corrected chi connectivity index (χ3v) is 5.45. The number of carbonyl (C=O) groups excluding carboxylic acids is 1. The molecule has 1 aromatic rings. The number of anilines is 1. The van der Waals surface area contributed by atoms with Gasteiger partial charge in [0, 0.05) is 11.3 Å². The van der Waals surface area contributed by atoms with Gasteiger partial charge in [-0.15, -0.1) is 0 Å². The van der Waals surface area contributed by atoms with Gasteiger partial charge in [-0.1, -0.05) is 24.4 Å². The minimum absolute atomic E-state index is 0.159. The maximum absolute atomic E-state index is 12.2. The standard InChI is InChI=1S/C13H19ClN4OS/c1-20-13(6-2-3-7-13)8-16-12(19)11-9(14)4-5-10(17-11)18-15/h4-5H,2-3,6-8,15H2,1H3,(H,16,19)(H,17,18). The number of hydrogen-bond donors (Lipinski definition) is 3. The van der Waals surface area contributed by atoms with E-state index in [4.69, 9.17) is 17.4 Å². The number of nitrogens with two attached hydrogens (primary N) is 1. The van der Waals surface area contributed by atoms with E-state index in [1.165, 1.54) is 12.8 Å². The molecule has 0 bridgehead atoms. The van der Waals surface area contributed by atoms with Crippen molar-refractivity contribution in [1.29, 1.82) is 0 Å². The number of aromatic nitrogens is 1. The van der Waals surface area contributed by atoms with Gasteiger partial charge in [-0.25, -0.2) is 10.8 Å². The van der Waals surface area contributed by atoms with Crippen molar-refractivity contribution in [3.05, 3.63) is 22.8 Å². The lowest BCUT2D eigenvalue weighted by Crippen LogP contribution is -2.38. The summed E-state index contributed by atoms with van der Waals surface area (Å²) in [6.45, 7) is 0.644. The highest BCUT2D eigenvalue weighted by Crippen LogP contribution is 2.39. The van der Waals surface area contributed by atoms with Crippen molar-refractivity contribution in [2.45, 2.75) is 30.4 Å². The molecule has 1 aliphatic carbocycles. The summed E-state index contributed by atoms with van der Waals surface area (Å²) in [5.74, 6) is 5.45. The summed E-state index contributed by atoms with van der Waals surface area (Å²) in [5.41, 5.74) is 2.62. The lowest BCUT2D eigenvalue weighted by atomic mass is 10.1. The fourth-order valence-electron chi connectivity index (χ4n) is 2.48. The lowest BCUT2D eigenvalue weighted by Gasteiger charge is -2.26. The van der Waals surface area contributed by atoms with E-state index < -0.39 is 0 Å². The van der Waals surface area contributed by atoms with E-state index in [0.717, 1.165) is 12.8 Å². The van der Waals surface area contributed by atoms with Crippen molar-refractivity contribution in [2.75, 3.05) is 18.2 Å². The van der Waals surface area contributed by atoms with Crippen molar-refractivity contribution in [3.63, 3.8) is 0 Å². The Hall–Kier alpha value is -0.980. The first kappa shape index (κ1) is 15.4. The van der Waals surface area contributed by atoms with Gasteiger partial charge in [0.1, 0.15) is 11.5 Å². The SMILES string of the molecule is CSC1(CNC(=O)c2nc(NN)ccc2Cl)CCCC1. The molecule has 5 nitrogen and oxygen atoms in total. The van der Waals surface area contributed by atoms with Gasteiger partial charge < -0.3 is 10.7 Å². The smallest absolute Gasteiger partial charge is 0.271 e. The number of thioether (sulfide) groups is 1. The molecule has 0 radical (unpaired) electrons. The fraction of sp³-hybridized carbons (Fsp3) is 0.538. The van der Waals surface area contributed by atoms with E-state index in [2.05, 4.69) is 22.0 Å². The van der Waals surface area contributed by atoms with E-state index in [0.29, 0.717) is 17.4 Å². The molecule has 2 rings (SSSR count). The molecule has 1 fully saturated rings. The normalized spacial score (nSPS) is 16.9. The molecule has 1 aromatic heterocycles. The van der Waals surface area contributed by atoms with Crippen LogP contribution in [0.4, 0.5) is 5.82 Å². The Kier molecular flexibility index (Phi) is 5.12. The molecule has 1 saturated carbocycles. The summed E-state index contributed by atoms with van der Waals surface area (Å²) in [7, 11) is 0. The van der Waals surface area contributed by atoms with Crippen LogP contribution in [-0.4, -0.2) is 28.4 Å². The van der Waals surface area contributed by atoms with Crippen LogP contribution in [0.2, 0.25) is 5.02 Å². The summed E-state index contributed by atoms with van der Waals surface area (Å²) in [4.78, 5) is 16.3. The predicted molar refractivity (Wildman–Crippen MR) is 84.1 cm³/mol. The van der Waals surface area contributed by atoms with Gasteiger partial charge in [0.25, 0.3) is 5.91 Å². The number of nitrogens with zero attached hydrogens (tertiary/aromatic N) is 1. The average molecular weight is 315 g/mol. The van der Waals surface area contributed by atoms with Gasteiger partial charge in [-0.2, -0.15) is 11.8 Å². The van der Waals surface area contributed by atoms with E-state index in [1.54, 1.807) is 12.1 Å². The number of pyridine rings is 1. The van der Waals surface area contributed by atoms with Gasteiger partial charge in [-0.3, -0.25) is 4.79 Å². The number of nitrogens with one attached hydrogen (secondary N) is 2. The number of rotatable bonds is 5. The summed E-state index contributed by atoms with van der Waals surface area (Å²) in [5, 5.41) is 3.27. The first-order valence-electron chi connectivity index (χ1n) is 6.57. The van der Waals surface area contributed by atoms with Crippen LogP contribution >= 0.6 is 23.4 Å². The lowest BCUT2D eigenvalue weighted by molar-refractivity contribution is 0.0945. The minimum atomic E-state index is -0.257. The second-order valence-corrected chi connectivity index (χ2v) is 6.63. The quantitative estimate of drug-likeness (QED) is 0.574. The Morgan fingerprint density at radius 1 is 1.50 bits per heavy atom. The number of halogens is 1. The molecule has 7 heteroatoms. The number of nitrogen functional groups attached to an aromatic ring is 1. The van der Waals surface area contributed by atoms with Crippen molar-refractivity contribution in [1.82, 2.24) is 10.3 Å². The molecule has 0 unspecified atom stereocenters. The van der Waals surface area contributed by atoms with Gasteiger partial charge in [0.05, 0.1) is 5.02 Å². The molecule has 0 saturated heterocycles. The molecule has 110 valence electrons. The van der Waals surface area contributed by atoms with Crippen LogP contribution in [0.1, 0.15) is 36.2 Å². The van der Waals surface area contributed by atoms with E-state index in [-0.39, 0.29) is 16.3 Å². The van der Waals surface area contributed by atoms with Crippen LogP contribution in [-0.2, 0) is 0 Å². The molecular weight excluding hydrogens is 296 g/mol. The highest BCUT2D eigenvalue weighted by molar-refractivity contribution is 8.00. The molecule has 1 amide bonds. The largest absolute Gasteiger partial charge is 0.349 e. The Balaban J connectivity index is 2.04. The van der Waals surface area contributed by atoms with Crippen molar-refractivity contribution in [2.24, 2.45) is 5.84 Å². The van der Waals surface area contributed by atoms with Crippen molar-refractivity contribution >= 4 is 35.1 Å². The number of carbonyl (C=O) groups is 1. The van der Waals surface area contributed by atoms with E-state index in [1.807, 2.05) is 11.8 Å². The summed E-state index contributed by atoms with van der Waals surface area (Å²) in [6, 6.07) is 3.23. The minimum Gasteiger partial charge on any atom is -0.349 e. The average Bonchev–Trinajstić information content (AvgIpc) is 2.95. The molecule has 0 atom stereocenters. The second-order valence-electron chi connectivity index (χ2n) is 4.95. The molecule has 0 aliphatic heterocycles. The molecule has 0 aromatic carbocycles. The molecule has 1 aliphatic rings. The zero-order valence-corrected chi connectivity index (χ0v) is 13.0. The van der Waals surface area contributed by atoms with Crippen molar-refractivity contribution in [3.8, 4) is 0 Å². The van der Waals surface area contributed by atoms with Crippen LogP contribution < -0.4 is 16.6 Å². The summed E-state index contributed by atoms with van der Waals surface area (Å²) in [6.07, 6.45) is 6.83. The monoisotopic (exact) mass is 314 g/mol. The first-order chi connectivity index (χ1) is 9.60. The number of hydrogen-bond acceptors (Lipinski definition) is 5. The maximum Gasteiger partial charge on any atom is 0.271 e. The Morgan fingerprint density at radius 2 is 2.20 bits per heavy atom. The van der Waals surface area contributed by atoms with Gasteiger partial charge in [-0.05, 0) is 31.2 Å². The first-order valence-corrected chi connectivity index (χ1v) is 8.17. The fourth-order valence-corrected chi connectivity index (χ4v) is 3.58. The van der Waals surface area contributed by atoms with Crippen LogP contribution in [0.15, 0.2) is 12.1 Å². The van der Waals surface area contributed by atoms with Crippen LogP contribution in [0.5, 0.6) is 0 Å². The summed E-state index contributed by atoms with van der Waals surface area (Å²) < 4.78 is 0.159. The predicted octanol–water partition coefficient (Wildman–Crippen LogP) is 2.43. The Morgan fingerprint density at radius 3 is 2.80 bits per heavy atom.